The van der Waals surface area contributed by atoms with E-state index >= 15 is 0 Å². The van der Waals surface area contributed by atoms with E-state index in [1.54, 1.807) is 18.4 Å². The lowest BCUT2D eigenvalue weighted by Gasteiger charge is -2.10. The van der Waals surface area contributed by atoms with Gasteiger partial charge in [0.1, 0.15) is 5.69 Å². The van der Waals surface area contributed by atoms with Gasteiger partial charge in [0.25, 0.3) is 0 Å². The molecule has 2 aromatic heterocycles. The Bertz CT molecular complexity index is 523. The first-order valence-electron chi connectivity index (χ1n) is 6.64. The van der Waals surface area contributed by atoms with Crippen molar-refractivity contribution in [3.8, 4) is 5.88 Å². The monoisotopic (exact) mass is 298 g/mol. The average molecular weight is 298 g/mol. The minimum atomic E-state index is 0.692. The summed E-state index contributed by atoms with van der Waals surface area (Å²) in [6, 6.07) is 0. The lowest BCUT2D eigenvalue weighted by Crippen LogP contribution is -2.23. The van der Waals surface area contributed by atoms with E-state index in [4.69, 9.17) is 9.47 Å². The minimum Gasteiger partial charge on any atom is -0.480 e. The van der Waals surface area contributed by atoms with Gasteiger partial charge >= 0.3 is 0 Å². The quantitative estimate of drug-likeness (QED) is 0.702. The molecule has 0 amide bonds. The number of aromatic nitrogens is 2. The van der Waals surface area contributed by atoms with Crippen LogP contribution in [0.2, 0.25) is 0 Å². The van der Waals surface area contributed by atoms with Gasteiger partial charge < -0.3 is 19.7 Å². The molecule has 0 spiro atoms. The second-order valence-corrected chi connectivity index (χ2v) is 5.59. The fourth-order valence-corrected chi connectivity index (χ4v) is 2.56. The molecular formula is C13H22N4O2S. The van der Waals surface area contributed by atoms with Crippen LogP contribution in [0.25, 0.3) is 4.96 Å². The number of fused-ring (bicyclic) bond motifs is 1. The minimum absolute atomic E-state index is 0.692. The van der Waals surface area contributed by atoms with Gasteiger partial charge in [-0.05, 0) is 14.1 Å². The summed E-state index contributed by atoms with van der Waals surface area (Å²) in [4.78, 5) is 7.49. The van der Waals surface area contributed by atoms with Crippen molar-refractivity contribution in [1.29, 1.82) is 0 Å². The summed E-state index contributed by atoms with van der Waals surface area (Å²) in [6.07, 6.45) is 2.01. The van der Waals surface area contributed by atoms with Crippen LogP contribution in [0.3, 0.4) is 0 Å². The van der Waals surface area contributed by atoms with Crippen LogP contribution in [0.15, 0.2) is 11.6 Å². The van der Waals surface area contributed by atoms with Crippen molar-refractivity contribution in [2.24, 2.45) is 0 Å². The number of hydrogen-bond acceptors (Lipinski definition) is 6. The van der Waals surface area contributed by atoms with Gasteiger partial charge in [-0.3, -0.25) is 4.40 Å². The van der Waals surface area contributed by atoms with Gasteiger partial charge in [-0.2, -0.15) is 4.98 Å². The predicted octanol–water partition coefficient (Wildman–Crippen LogP) is 1.07. The first-order chi connectivity index (χ1) is 9.72. The van der Waals surface area contributed by atoms with E-state index in [0.29, 0.717) is 12.5 Å². The topological polar surface area (TPSA) is 51.0 Å². The third-order valence-electron chi connectivity index (χ3n) is 2.92. The van der Waals surface area contributed by atoms with Crippen molar-refractivity contribution in [2.75, 3.05) is 47.5 Å². The number of likely N-dealkylation sites (N-methyl/N-ethyl adjacent to an activating group) is 1. The van der Waals surface area contributed by atoms with Gasteiger partial charge in [0, 0.05) is 31.2 Å². The summed E-state index contributed by atoms with van der Waals surface area (Å²) in [5.41, 5.74) is 1.05. The van der Waals surface area contributed by atoms with Crippen LogP contribution >= 0.6 is 11.3 Å². The lowest BCUT2D eigenvalue weighted by molar-refractivity contribution is 0.119. The largest absolute Gasteiger partial charge is 0.480 e. The number of thiazole rings is 1. The summed E-state index contributed by atoms with van der Waals surface area (Å²) in [7, 11) is 5.74. The van der Waals surface area contributed by atoms with E-state index in [2.05, 4.69) is 19.6 Å². The Morgan fingerprint density at radius 3 is 3.00 bits per heavy atom. The second kappa shape index (κ2) is 7.58. The molecule has 0 fully saturated rings. The molecule has 112 valence electrons. The lowest BCUT2D eigenvalue weighted by atomic mass is 10.4. The van der Waals surface area contributed by atoms with Crippen LogP contribution in [0, 0.1) is 0 Å². The Morgan fingerprint density at radius 2 is 2.25 bits per heavy atom. The highest BCUT2D eigenvalue weighted by Gasteiger charge is 2.12. The number of methoxy groups -OCH3 is 1. The van der Waals surface area contributed by atoms with E-state index in [9.17, 15) is 0 Å². The predicted molar refractivity (Wildman–Crippen MR) is 80.7 cm³/mol. The van der Waals surface area contributed by atoms with Crippen LogP contribution in [0.5, 0.6) is 5.88 Å². The van der Waals surface area contributed by atoms with Crippen molar-refractivity contribution in [1.82, 2.24) is 19.6 Å². The zero-order valence-corrected chi connectivity index (χ0v) is 13.1. The molecule has 0 saturated carbocycles. The molecule has 6 nitrogen and oxygen atoms in total. The smallest absolute Gasteiger partial charge is 0.237 e. The van der Waals surface area contributed by atoms with E-state index in [-0.39, 0.29) is 0 Å². The Morgan fingerprint density at radius 1 is 1.40 bits per heavy atom. The summed E-state index contributed by atoms with van der Waals surface area (Å²) in [5.74, 6) is 0.692. The maximum Gasteiger partial charge on any atom is 0.237 e. The number of nitrogens with zero attached hydrogens (tertiary/aromatic N) is 3. The van der Waals surface area contributed by atoms with E-state index < -0.39 is 0 Å². The van der Waals surface area contributed by atoms with E-state index in [1.807, 2.05) is 25.7 Å². The molecule has 1 N–H and O–H groups in total. The molecule has 0 aliphatic carbocycles. The zero-order chi connectivity index (χ0) is 14.4. The van der Waals surface area contributed by atoms with Crippen LogP contribution < -0.4 is 10.1 Å². The molecule has 0 aliphatic heterocycles. The highest BCUT2D eigenvalue weighted by molar-refractivity contribution is 7.15. The fourth-order valence-electron chi connectivity index (χ4n) is 1.84. The molecule has 2 aromatic rings. The van der Waals surface area contributed by atoms with Gasteiger partial charge in [0.15, 0.2) is 4.96 Å². The first-order valence-corrected chi connectivity index (χ1v) is 7.52. The van der Waals surface area contributed by atoms with Crippen molar-refractivity contribution < 1.29 is 9.47 Å². The van der Waals surface area contributed by atoms with Crippen LogP contribution in [-0.4, -0.2) is 61.8 Å². The highest BCUT2D eigenvalue weighted by Crippen LogP contribution is 2.22. The number of ether oxygens (including phenoxy) is 2. The summed E-state index contributed by atoms with van der Waals surface area (Å²) >= 11 is 1.61. The molecule has 0 bridgehead atoms. The molecule has 0 radical (unpaired) electrons. The van der Waals surface area contributed by atoms with Gasteiger partial charge in [-0.15, -0.1) is 11.3 Å². The first kappa shape index (κ1) is 15.2. The number of nitrogens with one attached hydrogen (secondary N) is 1. The summed E-state index contributed by atoms with van der Waals surface area (Å²) in [6.45, 7) is 3.96. The van der Waals surface area contributed by atoms with Crippen molar-refractivity contribution in [3.63, 3.8) is 0 Å². The zero-order valence-electron chi connectivity index (χ0n) is 12.3. The van der Waals surface area contributed by atoms with Gasteiger partial charge in [0.2, 0.25) is 5.88 Å². The van der Waals surface area contributed by atoms with Crippen molar-refractivity contribution >= 4 is 16.3 Å². The average Bonchev–Trinajstić information content (AvgIpc) is 2.98. The Balaban J connectivity index is 1.74. The molecule has 2 rings (SSSR count). The SMILES string of the molecule is COc1nc2sccn2c1CNCCOCCN(C)C. The molecule has 0 aliphatic rings. The van der Waals surface area contributed by atoms with E-state index in [0.717, 1.165) is 36.9 Å². The number of hydrogen-bond donors (Lipinski definition) is 1. The third-order valence-corrected chi connectivity index (χ3v) is 3.67. The molecule has 0 saturated heterocycles. The molecule has 2 heterocycles. The van der Waals surface area contributed by atoms with Crippen molar-refractivity contribution in [3.05, 3.63) is 17.3 Å². The normalized spacial score (nSPS) is 11.6. The number of imidazole rings is 1. The Kier molecular flexibility index (Phi) is 5.78. The third kappa shape index (κ3) is 3.92. The maximum absolute atomic E-state index is 5.54. The van der Waals surface area contributed by atoms with Crippen molar-refractivity contribution in [2.45, 2.75) is 6.54 Å². The van der Waals surface area contributed by atoms with Crippen LogP contribution in [0.1, 0.15) is 5.69 Å². The van der Waals surface area contributed by atoms with E-state index in [1.165, 1.54) is 0 Å². The Hall–Kier alpha value is -1.15. The van der Waals surface area contributed by atoms with Gasteiger partial charge in [0.05, 0.1) is 20.3 Å². The van der Waals surface area contributed by atoms with Crippen LogP contribution in [-0.2, 0) is 11.3 Å². The highest BCUT2D eigenvalue weighted by atomic mass is 32.1. The molecular weight excluding hydrogens is 276 g/mol. The molecule has 0 atom stereocenters. The van der Waals surface area contributed by atoms with Crippen LogP contribution in [0.4, 0.5) is 0 Å². The fraction of sp³-hybridized carbons (Fsp3) is 0.615. The van der Waals surface area contributed by atoms with Gasteiger partial charge in [-0.1, -0.05) is 0 Å². The Labute approximate surface area is 123 Å². The van der Waals surface area contributed by atoms with Gasteiger partial charge in [-0.25, -0.2) is 0 Å². The molecule has 7 heteroatoms. The maximum atomic E-state index is 5.54. The summed E-state index contributed by atoms with van der Waals surface area (Å²) < 4.78 is 12.9. The molecule has 20 heavy (non-hydrogen) atoms. The number of rotatable bonds is 9. The summed E-state index contributed by atoms with van der Waals surface area (Å²) in [5, 5.41) is 5.38. The standard InChI is InChI=1S/C13H22N4O2S/c1-16(2)5-8-19-7-4-14-10-11-12(18-3)15-13-17(11)6-9-20-13/h6,9,14H,4-5,7-8,10H2,1-3H3. The second-order valence-electron chi connectivity index (χ2n) is 4.72. The molecule has 0 unspecified atom stereocenters. The molecule has 0 aromatic carbocycles.